The lowest BCUT2D eigenvalue weighted by Gasteiger charge is -2.34. The molecule has 0 spiro atoms. The molecular weight excluding hydrogens is 1520 g/mol. The van der Waals surface area contributed by atoms with E-state index in [1.807, 2.05) is 0 Å². The van der Waals surface area contributed by atoms with Gasteiger partial charge in [-0.05, 0) is 227 Å². The highest BCUT2D eigenvalue weighted by Gasteiger charge is 2.48. The van der Waals surface area contributed by atoms with E-state index in [0.29, 0.717) is 0 Å². The molecule has 2 aliphatic carbocycles. The van der Waals surface area contributed by atoms with Crippen LogP contribution in [0.3, 0.4) is 0 Å². The predicted molar refractivity (Wildman–Crippen MR) is 527 cm³/mol. The lowest BCUT2D eigenvalue weighted by molar-refractivity contribution is 0.769. The number of hydrogen-bond donors (Lipinski definition) is 0. The Morgan fingerprint density at radius 1 is 0.127 bits per heavy atom. The molecule has 4 heterocycles. The quantitative estimate of drug-likeness (QED) is 0.116. The molecule has 0 fully saturated rings. The molecular formula is C122H80N4. The highest BCUT2D eigenvalue weighted by molar-refractivity contribution is 6.14. The van der Waals surface area contributed by atoms with Crippen LogP contribution in [0.5, 0.6) is 0 Å². The van der Waals surface area contributed by atoms with E-state index >= 15 is 0 Å². The summed E-state index contributed by atoms with van der Waals surface area (Å²) in [5.74, 6) is 0. The minimum absolute atomic E-state index is 0.488. The van der Waals surface area contributed by atoms with Gasteiger partial charge in [0.05, 0.1) is 55.0 Å². The Hall–Kier alpha value is -16.4. The zero-order valence-electron chi connectivity index (χ0n) is 69.0. The van der Waals surface area contributed by atoms with Gasteiger partial charge in [-0.2, -0.15) is 0 Å². The zero-order chi connectivity index (χ0) is 83.0. The Balaban J connectivity index is 0.000000137. The topological polar surface area (TPSA) is 19.7 Å². The SMILES string of the molecule is c1ccc(-n2c3ccccc3c3cc(-c4ccc(C5(c6ccc(-c7ccc(-n8c9ccccc9c9ccccc98)cc7)cc6)c6ccccc6-c6ccccc65)cc4)ccc32)cc1.c1ccc(-n2c3ccccc3c3cc(-c4ccc(C5(c6ccc(-c7ccc8c(c7)c7ccccc7n8-c7ccccc7)cc6)c6ccccc6-c6ccccc65)cc4)ccc32)cc1. The Morgan fingerprint density at radius 3 is 0.571 bits per heavy atom. The molecule has 0 bridgehead atoms. The van der Waals surface area contributed by atoms with E-state index in [9.17, 15) is 0 Å². The van der Waals surface area contributed by atoms with Crippen LogP contribution in [0.25, 0.3) is 177 Å². The van der Waals surface area contributed by atoms with E-state index in [0.717, 1.165) is 5.69 Å². The Morgan fingerprint density at radius 2 is 0.310 bits per heavy atom. The summed E-state index contributed by atoms with van der Waals surface area (Å²) >= 11 is 0. The van der Waals surface area contributed by atoms with Gasteiger partial charge in [-0.1, -0.05) is 370 Å². The first kappa shape index (κ1) is 72.4. The molecule has 126 heavy (non-hydrogen) atoms. The van der Waals surface area contributed by atoms with Crippen LogP contribution < -0.4 is 0 Å². The molecule has 0 atom stereocenters. The molecule has 26 rings (SSSR count). The number of para-hydroxylation sites is 8. The second-order valence-corrected chi connectivity index (χ2v) is 33.7. The summed E-state index contributed by atoms with van der Waals surface area (Å²) in [6.07, 6.45) is 0. The van der Waals surface area contributed by atoms with Gasteiger partial charge in [-0.15, -0.1) is 0 Å². The van der Waals surface area contributed by atoms with Gasteiger partial charge in [0.2, 0.25) is 0 Å². The number of nitrogens with zero attached hydrogens (tertiary/aromatic N) is 4. The van der Waals surface area contributed by atoms with E-state index < -0.39 is 10.8 Å². The molecule has 0 saturated carbocycles. The summed E-state index contributed by atoms with van der Waals surface area (Å²) in [6, 6.07) is 179. The van der Waals surface area contributed by atoms with Gasteiger partial charge in [0.1, 0.15) is 0 Å². The first-order valence-electron chi connectivity index (χ1n) is 43.7. The van der Waals surface area contributed by atoms with Crippen molar-refractivity contribution in [2.24, 2.45) is 0 Å². The largest absolute Gasteiger partial charge is 0.309 e. The zero-order valence-corrected chi connectivity index (χ0v) is 69.0. The number of aromatic nitrogens is 4. The van der Waals surface area contributed by atoms with Crippen LogP contribution in [0.1, 0.15) is 44.5 Å². The summed E-state index contributed by atoms with van der Waals surface area (Å²) in [5, 5.41) is 10.1. The van der Waals surface area contributed by atoms with Crippen molar-refractivity contribution < 1.29 is 0 Å². The molecule has 4 heteroatoms. The highest BCUT2D eigenvalue weighted by Crippen LogP contribution is 2.59. The van der Waals surface area contributed by atoms with Gasteiger partial charge in [0.15, 0.2) is 0 Å². The summed E-state index contributed by atoms with van der Waals surface area (Å²) in [5.41, 5.74) is 38.5. The molecule has 0 radical (unpaired) electrons. The van der Waals surface area contributed by atoms with E-state index in [4.69, 9.17) is 0 Å². The summed E-state index contributed by atoms with van der Waals surface area (Å²) in [6.45, 7) is 0. The maximum atomic E-state index is 2.38. The van der Waals surface area contributed by atoms with Crippen molar-refractivity contribution in [1.29, 1.82) is 0 Å². The van der Waals surface area contributed by atoms with Crippen molar-refractivity contribution in [3.8, 4) is 89.5 Å². The summed E-state index contributed by atoms with van der Waals surface area (Å²) in [7, 11) is 0. The third-order valence-electron chi connectivity index (χ3n) is 27.3. The first-order chi connectivity index (χ1) is 62.5. The molecule has 0 aliphatic heterocycles. The van der Waals surface area contributed by atoms with E-state index in [1.54, 1.807) is 0 Å². The van der Waals surface area contributed by atoms with Crippen molar-refractivity contribution in [1.82, 2.24) is 18.3 Å². The van der Waals surface area contributed by atoms with Crippen LogP contribution in [0.15, 0.2) is 485 Å². The van der Waals surface area contributed by atoms with E-state index in [1.165, 1.54) is 216 Å². The fourth-order valence-electron chi connectivity index (χ4n) is 21.7. The van der Waals surface area contributed by atoms with Gasteiger partial charge in [-0.25, -0.2) is 0 Å². The van der Waals surface area contributed by atoms with Gasteiger partial charge < -0.3 is 18.3 Å². The molecule has 588 valence electrons. The van der Waals surface area contributed by atoms with Crippen molar-refractivity contribution >= 4 is 87.2 Å². The molecule has 4 aromatic heterocycles. The predicted octanol–water partition coefficient (Wildman–Crippen LogP) is 31.2. The summed E-state index contributed by atoms with van der Waals surface area (Å²) in [4.78, 5) is 0. The van der Waals surface area contributed by atoms with Gasteiger partial charge in [-0.3, -0.25) is 0 Å². The minimum Gasteiger partial charge on any atom is -0.309 e. The van der Waals surface area contributed by atoms with Crippen LogP contribution in [-0.2, 0) is 10.8 Å². The molecule has 0 N–H and O–H groups in total. The molecule has 20 aromatic carbocycles. The maximum Gasteiger partial charge on any atom is 0.0713 e. The number of benzene rings is 20. The maximum absolute atomic E-state index is 2.38. The van der Waals surface area contributed by atoms with E-state index in [-0.39, 0.29) is 0 Å². The van der Waals surface area contributed by atoms with Crippen molar-refractivity contribution in [2.75, 3.05) is 0 Å². The Labute approximate surface area is 730 Å². The second-order valence-electron chi connectivity index (χ2n) is 33.7. The average molecular weight is 1600 g/mol. The van der Waals surface area contributed by atoms with Crippen LogP contribution in [0, 0.1) is 0 Å². The highest BCUT2D eigenvalue weighted by atomic mass is 15.0. The third-order valence-corrected chi connectivity index (χ3v) is 27.3. The van der Waals surface area contributed by atoms with E-state index in [2.05, 4.69) is 504 Å². The molecule has 24 aromatic rings. The number of rotatable bonds is 12. The van der Waals surface area contributed by atoms with Crippen LogP contribution in [0.4, 0.5) is 0 Å². The van der Waals surface area contributed by atoms with Gasteiger partial charge >= 0.3 is 0 Å². The van der Waals surface area contributed by atoms with Crippen LogP contribution in [-0.4, -0.2) is 18.3 Å². The molecule has 0 amide bonds. The molecule has 4 nitrogen and oxygen atoms in total. The lowest BCUT2D eigenvalue weighted by Crippen LogP contribution is -2.28. The minimum atomic E-state index is -0.496. The Kier molecular flexibility index (Phi) is 16.8. The number of hydrogen-bond acceptors (Lipinski definition) is 0. The molecule has 0 unspecified atom stereocenters. The second kappa shape index (κ2) is 29.2. The number of fused-ring (bicyclic) bond motifs is 18. The van der Waals surface area contributed by atoms with Crippen LogP contribution >= 0.6 is 0 Å². The van der Waals surface area contributed by atoms with Crippen molar-refractivity contribution in [2.45, 2.75) is 10.8 Å². The standard InChI is InChI=1S/2C61H40N2/c1-3-15-47(16-4-1)62-57-25-13-9-21-51(57)53-39-43(31-37-59(53)62)41-27-33-45(34-28-41)61(55-23-11-7-19-49(55)50-20-8-12-24-56(50)61)46-35-29-42(30-36-46)44-32-38-60-54(40-44)52-22-10-14-26-58(52)63(60)48-17-5-2-6-18-48;1-2-14-47(15-3-1)62-59-25-13-8-20-53(59)54-40-44(32-39-60(54)62)43-28-35-46(36-29-43)61(55-21-9-4-16-49(55)50-17-5-10-22-56(50)61)45-33-26-41(27-34-45)42-30-37-48(38-31-42)63-57-23-11-6-18-51(57)52-19-7-12-24-58(52)63/h2*1-40H. The molecule has 2 aliphatic rings. The fourth-order valence-corrected chi connectivity index (χ4v) is 21.7. The first-order valence-corrected chi connectivity index (χ1v) is 43.7. The van der Waals surface area contributed by atoms with Crippen LogP contribution in [0.2, 0.25) is 0 Å². The monoisotopic (exact) mass is 1600 g/mol. The van der Waals surface area contributed by atoms with Crippen molar-refractivity contribution in [3.05, 3.63) is 530 Å². The summed E-state index contributed by atoms with van der Waals surface area (Å²) < 4.78 is 9.52. The van der Waals surface area contributed by atoms with Gasteiger partial charge in [0.25, 0.3) is 0 Å². The lowest BCUT2D eigenvalue weighted by atomic mass is 9.67. The smallest absolute Gasteiger partial charge is 0.0713 e. The normalized spacial score (nSPS) is 12.9. The Bertz CT molecular complexity index is 8050. The van der Waals surface area contributed by atoms with Crippen molar-refractivity contribution in [3.63, 3.8) is 0 Å². The van der Waals surface area contributed by atoms with Gasteiger partial charge in [0, 0.05) is 65.8 Å². The third kappa shape index (κ3) is 11.1. The molecule has 0 saturated heterocycles. The average Bonchev–Trinajstić information content (AvgIpc) is 1.53. The fraction of sp³-hybridized carbons (Fsp3) is 0.0164.